The molecule has 3 rings (SSSR count). The number of aliphatic hydroxyl groups excluding tert-OH is 1. The normalized spacial score (nSPS) is 20.5. The van der Waals surface area contributed by atoms with Gasteiger partial charge in [0, 0.05) is 23.5 Å². The highest BCUT2D eigenvalue weighted by Crippen LogP contribution is 2.34. The van der Waals surface area contributed by atoms with Crippen molar-refractivity contribution < 1.29 is 28.8 Å². The van der Waals surface area contributed by atoms with E-state index in [1.807, 2.05) is 0 Å². The molecular formula is C25H34F2N2O4. The maximum absolute atomic E-state index is 14.5. The minimum absolute atomic E-state index is 0.355. The maximum atomic E-state index is 14.5. The number of aliphatic hydroxyl groups is 3. The largest absolute Gasteiger partial charge is 0.386 e. The van der Waals surface area contributed by atoms with E-state index in [1.165, 1.54) is 32.2 Å². The number of halogens is 2. The Kier molecular flexibility index (Phi) is 9.48. The molecule has 1 aliphatic rings. The molecule has 182 valence electrons. The van der Waals surface area contributed by atoms with Crippen LogP contribution >= 0.6 is 0 Å². The molecule has 1 aliphatic heterocycles. The van der Waals surface area contributed by atoms with Gasteiger partial charge in [-0.2, -0.15) is 0 Å². The second-order valence-electron chi connectivity index (χ2n) is 8.59. The lowest BCUT2D eigenvalue weighted by molar-refractivity contribution is -0.127. The van der Waals surface area contributed by atoms with Gasteiger partial charge < -0.3 is 24.6 Å². The van der Waals surface area contributed by atoms with Gasteiger partial charge in [0.05, 0.1) is 11.3 Å². The summed E-state index contributed by atoms with van der Waals surface area (Å²) in [5, 5.41) is 27.6. The number of aliphatic imine (C=N–C) groups is 1. The first kappa shape index (κ1) is 26.9. The summed E-state index contributed by atoms with van der Waals surface area (Å²) >= 11 is 0. The number of unbranched alkanes of at least 4 members (excludes halogenated alkanes) is 1. The first-order valence-electron chi connectivity index (χ1n) is 11.0. The summed E-state index contributed by atoms with van der Waals surface area (Å²) in [4.78, 5) is 4.32. The SMILES string of the molecule is C=c1/c(=C(/C)N=CCCC)c(F)cn1C1CCC(C(O)c2ccc(F)cc2)O1.CC(C)(O)O. The fourth-order valence-electron chi connectivity index (χ4n) is 3.52. The van der Waals surface area contributed by atoms with E-state index < -0.39 is 24.2 Å². The summed E-state index contributed by atoms with van der Waals surface area (Å²) < 4.78 is 35.3. The fourth-order valence-corrected chi connectivity index (χ4v) is 3.52. The minimum atomic E-state index is -1.50. The van der Waals surface area contributed by atoms with Crippen molar-refractivity contribution in [2.75, 3.05) is 0 Å². The number of benzene rings is 1. The van der Waals surface area contributed by atoms with Crippen LogP contribution in [0.4, 0.5) is 8.78 Å². The lowest BCUT2D eigenvalue weighted by Gasteiger charge is -2.20. The van der Waals surface area contributed by atoms with E-state index in [9.17, 15) is 13.9 Å². The Morgan fingerprint density at radius 2 is 1.88 bits per heavy atom. The summed E-state index contributed by atoms with van der Waals surface area (Å²) in [7, 11) is 0. The molecule has 3 unspecified atom stereocenters. The first-order valence-corrected chi connectivity index (χ1v) is 11.0. The van der Waals surface area contributed by atoms with Crippen molar-refractivity contribution in [3.8, 4) is 0 Å². The van der Waals surface area contributed by atoms with Gasteiger partial charge >= 0.3 is 0 Å². The predicted octanol–water partition coefficient (Wildman–Crippen LogP) is 3.29. The van der Waals surface area contributed by atoms with Crippen LogP contribution in [0.1, 0.15) is 71.3 Å². The Labute approximate surface area is 193 Å². The van der Waals surface area contributed by atoms with E-state index in [4.69, 9.17) is 14.9 Å². The Balaban J connectivity index is 0.000000696. The van der Waals surface area contributed by atoms with Gasteiger partial charge in [0.15, 0.2) is 11.6 Å². The van der Waals surface area contributed by atoms with Crippen LogP contribution in [-0.4, -0.2) is 38.0 Å². The molecule has 0 amide bonds. The highest BCUT2D eigenvalue weighted by molar-refractivity contribution is 5.64. The standard InChI is InChI=1S/C22H26F2N2O2.C3H8O2/c1-4-5-12-25-14(2)21-15(3)26(13-18(21)24)20-11-10-19(28-20)22(27)16-6-8-17(23)9-7-16;1-3(2,4)5/h6-9,12-13,19-20,22,27H,3-5,10-11H2,1-2H3;4-5H,1-2H3/b21-14+,25-12?;. The van der Waals surface area contributed by atoms with Crippen molar-refractivity contribution in [1.29, 1.82) is 0 Å². The predicted molar refractivity (Wildman–Crippen MR) is 125 cm³/mol. The molecule has 0 radical (unpaired) electrons. The summed E-state index contributed by atoms with van der Waals surface area (Å²) in [5.74, 6) is -2.24. The lowest BCUT2D eigenvalue weighted by atomic mass is 10.0. The highest BCUT2D eigenvalue weighted by Gasteiger charge is 2.33. The second kappa shape index (κ2) is 11.7. The molecule has 8 heteroatoms. The topological polar surface area (TPSA) is 87.2 Å². The number of aromatic nitrogens is 1. The van der Waals surface area contributed by atoms with Gasteiger partial charge in [0.1, 0.15) is 18.1 Å². The molecule has 1 aromatic heterocycles. The van der Waals surface area contributed by atoms with Crippen molar-refractivity contribution in [1.82, 2.24) is 4.57 Å². The van der Waals surface area contributed by atoms with E-state index in [-0.39, 0.29) is 11.6 Å². The van der Waals surface area contributed by atoms with Crippen LogP contribution in [-0.2, 0) is 4.74 Å². The third kappa shape index (κ3) is 7.85. The molecule has 0 bridgehead atoms. The molecule has 33 heavy (non-hydrogen) atoms. The van der Waals surface area contributed by atoms with Gasteiger partial charge in [-0.25, -0.2) is 8.78 Å². The Bertz CT molecular complexity index is 1040. The van der Waals surface area contributed by atoms with Crippen LogP contribution in [0.5, 0.6) is 0 Å². The average molecular weight is 465 g/mol. The van der Waals surface area contributed by atoms with E-state index >= 15 is 0 Å². The van der Waals surface area contributed by atoms with Crippen molar-refractivity contribution in [2.24, 2.45) is 4.99 Å². The minimum Gasteiger partial charge on any atom is -0.386 e. The third-order valence-electron chi connectivity index (χ3n) is 5.06. The molecule has 0 spiro atoms. The van der Waals surface area contributed by atoms with Crippen molar-refractivity contribution >= 4 is 18.5 Å². The quantitative estimate of drug-likeness (QED) is 0.452. The van der Waals surface area contributed by atoms with Crippen molar-refractivity contribution in [3.05, 3.63) is 58.2 Å². The van der Waals surface area contributed by atoms with Gasteiger partial charge in [-0.1, -0.05) is 32.1 Å². The molecule has 3 N–H and O–H groups in total. The molecule has 1 aromatic carbocycles. The van der Waals surface area contributed by atoms with Gasteiger partial charge in [0.2, 0.25) is 0 Å². The molecule has 2 aromatic rings. The van der Waals surface area contributed by atoms with Gasteiger partial charge in [-0.05, 0) is 57.7 Å². The van der Waals surface area contributed by atoms with E-state index in [2.05, 4.69) is 18.5 Å². The number of hydrogen-bond acceptors (Lipinski definition) is 5. The molecule has 3 atom stereocenters. The smallest absolute Gasteiger partial charge is 0.156 e. The zero-order valence-corrected chi connectivity index (χ0v) is 19.6. The molecule has 6 nitrogen and oxygen atoms in total. The Hall–Kier alpha value is -2.39. The molecule has 0 saturated carbocycles. The van der Waals surface area contributed by atoms with E-state index in [0.717, 1.165) is 12.8 Å². The van der Waals surface area contributed by atoms with Crippen LogP contribution < -0.4 is 10.6 Å². The monoisotopic (exact) mass is 464 g/mol. The Morgan fingerprint density at radius 1 is 1.27 bits per heavy atom. The van der Waals surface area contributed by atoms with Gasteiger partial charge in [0.25, 0.3) is 0 Å². The van der Waals surface area contributed by atoms with Gasteiger partial charge in [-0.3, -0.25) is 4.99 Å². The summed E-state index contributed by atoms with van der Waals surface area (Å²) in [6, 6.07) is 5.71. The zero-order valence-electron chi connectivity index (χ0n) is 19.6. The van der Waals surface area contributed by atoms with Crippen LogP contribution in [0.2, 0.25) is 0 Å². The van der Waals surface area contributed by atoms with E-state index in [1.54, 1.807) is 29.8 Å². The first-order chi connectivity index (χ1) is 15.4. The number of rotatable bonds is 6. The molecule has 1 fully saturated rings. The van der Waals surface area contributed by atoms with Gasteiger partial charge in [-0.15, -0.1) is 0 Å². The molecular weight excluding hydrogens is 430 g/mol. The summed E-state index contributed by atoms with van der Waals surface area (Å²) in [6.45, 7) is 10.4. The highest BCUT2D eigenvalue weighted by atomic mass is 19.1. The zero-order chi connectivity index (χ0) is 24.8. The van der Waals surface area contributed by atoms with Crippen molar-refractivity contribution in [3.63, 3.8) is 0 Å². The summed E-state index contributed by atoms with van der Waals surface area (Å²) in [5.41, 5.74) is 1.17. The second-order valence-corrected chi connectivity index (χ2v) is 8.59. The summed E-state index contributed by atoms with van der Waals surface area (Å²) in [6.07, 6.45) is 4.48. The average Bonchev–Trinajstić information content (AvgIpc) is 3.31. The third-order valence-corrected chi connectivity index (χ3v) is 5.06. The lowest BCUT2D eigenvalue weighted by Crippen LogP contribution is -2.32. The molecule has 0 aliphatic carbocycles. The maximum Gasteiger partial charge on any atom is 0.156 e. The molecule has 1 saturated heterocycles. The van der Waals surface area contributed by atoms with Crippen LogP contribution in [0.25, 0.3) is 12.3 Å². The van der Waals surface area contributed by atoms with Crippen LogP contribution in [0, 0.1) is 11.6 Å². The molecule has 2 heterocycles. The fraction of sp³-hybridized carbons (Fsp3) is 0.480. The number of nitrogens with zero attached hydrogens (tertiary/aromatic N) is 2. The Morgan fingerprint density at radius 3 is 2.45 bits per heavy atom. The number of hydrogen-bond donors (Lipinski definition) is 3. The van der Waals surface area contributed by atoms with Crippen LogP contribution in [0.3, 0.4) is 0 Å². The van der Waals surface area contributed by atoms with Crippen molar-refractivity contribution in [2.45, 2.75) is 77.6 Å². The van der Waals surface area contributed by atoms with E-state index in [0.29, 0.717) is 34.7 Å². The number of ether oxygens (including phenoxy) is 1. The van der Waals surface area contributed by atoms with Crippen LogP contribution in [0.15, 0.2) is 35.5 Å².